The first kappa shape index (κ1) is 7.10. The van der Waals surface area contributed by atoms with Gasteiger partial charge in [0.1, 0.15) is 0 Å². The molecule has 0 unspecified atom stereocenters. The molecule has 7 heavy (non-hydrogen) atoms. The Balaban J connectivity index is 0. The molecule has 0 fully saturated rings. The van der Waals surface area contributed by atoms with Gasteiger partial charge in [-0.3, -0.25) is 0 Å². The molecule has 0 saturated carbocycles. The SMILES string of the molecule is CO[SiH](OC)OC.[H+]. The normalized spacial score (nSPS) is 10.3. The highest BCUT2D eigenvalue weighted by molar-refractivity contribution is 6.36. The highest BCUT2D eigenvalue weighted by atomic mass is 28.3. The molecule has 0 atom stereocenters. The van der Waals surface area contributed by atoms with Gasteiger partial charge in [0.25, 0.3) is 0 Å². The van der Waals surface area contributed by atoms with Crippen LogP contribution in [0.4, 0.5) is 0 Å². The Morgan fingerprint density at radius 2 is 1.29 bits per heavy atom. The smallest absolute Gasteiger partial charge is 0.379 e. The molecule has 0 aromatic rings. The average Bonchev–Trinajstić information content (AvgIpc) is 1.72. The van der Waals surface area contributed by atoms with Crippen LogP contribution in [0.3, 0.4) is 0 Å². The minimum Gasteiger partial charge on any atom is -0.379 e. The summed E-state index contributed by atoms with van der Waals surface area (Å²) >= 11 is 0. The maximum atomic E-state index is 4.74. The van der Waals surface area contributed by atoms with Crippen LogP contribution in [-0.2, 0) is 13.3 Å². The number of hydrogen-bond acceptors (Lipinski definition) is 3. The Bertz CT molecular complexity index is 36.0. The summed E-state index contributed by atoms with van der Waals surface area (Å²) in [6, 6.07) is 0. The van der Waals surface area contributed by atoms with Gasteiger partial charge in [0.05, 0.1) is 0 Å². The standard InChI is InChI=1S/C3H10O3Si/c1-4-7(5-2)6-3/h7H,1-3H3/p+1. The van der Waals surface area contributed by atoms with Crippen LogP contribution in [0.15, 0.2) is 0 Å². The van der Waals surface area contributed by atoms with Crippen molar-refractivity contribution < 1.29 is 14.7 Å². The van der Waals surface area contributed by atoms with Crippen molar-refractivity contribution in [3.63, 3.8) is 0 Å². The van der Waals surface area contributed by atoms with Crippen LogP contribution in [0.1, 0.15) is 1.43 Å². The van der Waals surface area contributed by atoms with Gasteiger partial charge >= 0.3 is 11.0 Å². The van der Waals surface area contributed by atoms with E-state index in [9.17, 15) is 0 Å². The lowest BCUT2D eigenvalue weighted by atomic mass is 11.8. The summed E-state index contributed by atoms with van der Waals surface area (Å²) in [5.41, 5.74) is 0. The van der Waals surface area contributed by atoms with E-state index < -0.39 is 9.53 Å². The first-order valence-electron chi connectivity index (χ1n) is 1.93. The lowest BCUT2D eigenvalue weighted by Gasteiger charge is -2.05. The molecule has 3 nitrogen and oxygen atoms in total. The van der Waals surface area contributed by atoms with Gasteiger partial charge in [-0.1, -0.05) is 0 Å². The van der Waals surface area contributed by atoms with Gasteiger partial charge < -0.3 is 13.3 Å². The van der Waals surface area contributed by atoms with Crippen molar-refractivity contribution in [2.75, 3.05) is 21.3 Å². The molecule has 0 aromatic carbocycles. The largest absolute Gasteiger partial charge is 1.00 e. The van der Waals surface area contributed by atoms with Crippen LogP contribution in [-0.4, -0.2) is 30.9 Å². The zero-order chi connectivity index (χ0) is 5.70. The van der Waals surface area contributed by atoms with Crippen LogP contribution in [0, 0.1) is 0 Å². The lowest BCUT2D eigenvalue weighted by Crippen LogP contribution is -2.21. The van der Waals surface area contributed by atoms with E-state index in [0.29, 0.717) is 0 Å². The summed E-state index contributed by atoms with van der Waals surface area (Å²) < 4.78 is 14.2. The molecule has 0 bridgehead atoms. The number of hydrogen-bond donors (Lipinski definition) is 0. The molecule has 4 heteroatoms. The quantitative estimate of drug-likeness (QED) is 0.485. The third-order valence-corrected chi connectivity index (χ3v) is 1.73. The van der Waals surface area contributed by atoms with E-state index >= 15 is 0 Å². The summed E-state index contributed by atoms with van der Waals surface area (Å²) in [5, 5.41) is 0. The molecule has 0 aromatic heterocycles. The van der Waals surface area contributed by atoms with Crippen LogP contribution < -0.4 is 0 Å². The molecular weight excluding hydrogens is 112 g/mol. The molecule has 0 radical (unpaired) electrons. The van der Waals surface area contributed by atoms with Crippen molar-refractivity contribution in [2.24, 2.45) is 0 Å². The molecule has 0 N–H and O–H groups in total. The van der Waals surface area contributed by atoms with Gasteiger partial charge in [0.2, 0.25) is 0 Å². The third kappa shape index (κ3) is 2.75. The van der Waals surface area contributed by atoms with Gasteiger partial charge in [-0.05, 0) is 0 Å². The average molecular weight is 123 g/mol. The maximum absolute atomic E-state index is 4.74. The van der Waals surface area contributed by atoms with Gasteiger partial charge in [0.15, 0.2) is 0 Å². The monoisotopic (exact) mass is 123 g/mol. The van der Waals surface area contributed by atoms with E-state index in [2.05, 4.69) is 0 Å². The van der Waals surface area contributed by atoms with E-state index in [1.807, 2.05) is 0 Å². The van der Waals surface area contributed by atoms with Crippen molar-refractivity contribution in [2.45, 2.75) is 0 Å². The molecule has 0 amide bonds. The third-order valence-electron chi connectivity index (χ3n) is 0.577. The molecule has 0 heterocycles. The summed E-state index contributed by atoms with van der Waals surface area (Å²) in [7, 11) is 3.05. The first-order valence-corrected chi connectivity index (χ1v) is 3.35. The molecule has 0 aliphatic rings. The molecule has 0 aliphatic heterocycles. The van der Waals surface area contributed by atoms with Crippen LogP contribution >= 0.6 is 0 Å². The topological polar surface area (TPSA) is 27.7 Å². The fraction of sp³-hybridized carbons (Fsp3) is 1.00. The lowest BCUT2D eigenvalue weighted by molar-refractivity contribution is 0.163. The molecule has 0 spiro atoms. The summed E-state index contributed by atoms with van der Waals surface area (Å²) in [5.74, 6) is 0. The predicted octanol–water partition coefficient (Wildman–Crippen LogP) is -0.245. The van der Waals surface area contributed by atoms with E-state index in [0.717, 1.165) is 0 Å². The van der Waals surface area contributed by atoms with Crippen molar-refractivity contribution in [3.05, 3.63) is 0 Å². The predicted molar refractivity (Wildman–Crippen MR) is 29.3 cm³/mol. The molecule has 0 saturated heterocycles. The summed E-state index contributed by atoms with van der Waals surface area (Å²) in [4.78, 5) is 0. The first-order chi connectivity index (χ1) is 3.35. The van der Waals surface area contributed by atoms with Crippen molar-refractivity contribution in [3.8, 4) is 0 Å². The highest BCUT2D eigenvalue weighted by Gasteiger charge is 2.04. The second-order valence-electron chi connectivity index (χ2n) is 0.996. The van der Waals surface area contributed by atoms with Gasteiger partial charge in [-0.25, -0.2) is 0 Å². The van der Waals surface area contributed by atoms with Crippen LogP contribution in [0.25, 0.3) is 0 Å². The minimum atomic E-state index is -1.67. The van der Waals surface area contributed by atoms with E-state index in [4.69, 9.17) is 13.3 Å². The van der Waals surface area contributed by atoms with Crippen LogP contribution in [0.2, 0.25) is 0 Å². The van der Waals surface area contributed by atoms with Crippen LogP contribution in [0.5, 0.6) is 0 Å². The van der Waals surface area contributed by atoms with Gasteiger partial charge in [0, 0.05) is 21.3 Å². The van der Waals surface area contributed by atoms with Crippen molar-refractivity contribution in [1.82, 2.24) is 0 Å². The van der Waals surface area contributed by atoms with Crippen molar-refractivity contribution in [1.29, 1.82) is 0 Å². The molecule has 0 aliphatic carbocycles. The Morgan fingerprint density at radius 1 is 1.00 bits per heavy atom. The van der Waals surface area contributed by atoms with Gasteiger partial charge in [-0.2, -0.15) is 0 Å². The Kier molecular flexibility index (Phi) is 4.32. The Hall–Kier alpha value is 0.0969. The Labute approximate surface area is 46.6 Å². The van der Waals surface area contributed by atoms with E-state index in [-0.39, 0.29) is 1.43 Å². The Morgan fingerprint density at radius 3 is 1.29 bits per heavy atom. The fourth-order valence-electron chi connectivity index (χ4n) is 0.289. The zero-order valence-electron chi connectivity index (χ0n) is 5.80. The molecule has 44 valence electrons. The summed E-state index contributed by atoms with van der Waals surface area (Å²) in [6.45, 7) is 0. The maximum Gasteiger partial charge on any atom is 1.00 e. The fourth-order valence-corrected chi connectivity index (χ4v) is 0.866. The van der Waals surface area contributed by atoms with E-state index in [1.165, 1.54) is 0 Å². The second kappa shape index (κ2) is 4.26. The van der Waals surface area contributed by atoms with E-state index in [1.54, 1.807) is 21.3 Å². The minimum absolute atomic E-state index is 0. The zero-order valence-corrected chi connectivity index (χ0v) is 5.96. The summed E-state index contributed by atoms with van der Waals surface area (Å²) in [6.07, 6.45) is 0. The molecular formula is C3H11O3Si+. The molecule has 0 rings (SSSR count). The highest BCUT2D eigenvalue weighted by Crippen LogP contribution is 1.81. The van der Waals surface area contributed by atoms with Gasteiger partial charge in [-0.15, -0.1) is 0 Å². The van der Waals surface area contributed by atoms with Crippen molar-refractivity contribution >= 4 is 9.53 Å². The number of rotatable bonds is 3. The second-order valence-corrected chi connectivity index (χ2v) is 2.99.